The lowest BCUT2D eigenvalue weighted by atomic mass is 9.67. The van der Waals surface area contributed by atoms with Gasteiger partial charge >= 0.3 is 0 Å². The summed E-state index contributed by atoms with van der Waals surface area (Å²) in [6, 6.07) is 0. The van der Waals surface area contributed by atoms with Crippen LogP contribution in [0, 0.1) is 11.8 Å². The van der Waals surface area contributed by atoms with Crippen LogP contribution in [0.5, 0.6) is 0 Å². The molecule has 1 aliphatic rings. The van der Waals surface area contributed by atoms with E-state index in [4.69, 9.17) is 5.11 Å². The van der Waals surface area contributed by atoms with Gasteiger partial charge in [-0.05, 0) is 24.7 Å². The van der Waals surface area contributed by atoms with E-state index in [1.165, 1.54) is 0 Å². The van der Waals surface area contributed by atoms with Gasteiger partial charge in [-0.3, -0.25) is 0 Å². The molecule has 0 spiro atoms. The van der Waals surface area contributed by atoms with Crippen molar-refractivity contribution >= 4 is 0 Å². The lowest BCUT2D eigenvalue weighted by molar-refractivity contribution is -0.117. The monoisotopic (exact) mass is 144 g/mol. The summed E-state index contributed by atoms with van der Waals surface area (Å²) in [6.45, 7) is 4.24. The van der Waals surface area contributed by atoms with E-state index in [1.807, 2.05) is 0 Å². The van der Waals surface area contributed by atoms with Crippen LogP contribution in [0.4, 0.5) is 0 Å². The molecule has 2 N–H and O–H groups in total. The molecule has 0 unspecified atom stereocenters. The Hall–Kier alpha value is -0.0800. The van der Waals surface area contributed by atoms with Gasteiger partial charge in [-0.2, -0.15) is 0 Å². The molecule has 0 saturated heterocycles. The zero-order valence-electron chi connectivity index (χ0n) is 6.67. The van der Waals surface area contributed by atoms with Gasteiger partial charge < -0.3 is 10.2 Å². The van der Waals surface area contributed by atoms with E-state index in [-0.39, 0.29) is 6.61 Å². The summed E-state index contributed by atoms with van der Waals surface area (Å²) in [5.74, 6) is 1.27. The third-order valence-electron chi connectivity index (χ3n) is 2.52. The second-order valence-corrected chi connectivity index (χ2v) is 3.79. The van der Waals surface area contributed by atoms with Crippen LogP contribution >= 0.6 is 0 Å². The van der Waals surface area contributed by atoms with Gasteiger partial charge in [-0.15, -0.1) is 0 Å². The molecule has 1 fully saturated rings. The third kappa shape index (κ3) is 1.32. The molecule has 0 amide bonds. The van der Waals surface area contributed by atoms with Crippen LogP contribution in [0.2, 0.25) is 0 Å². The van der Waals surface area contributed by atoms with Gasteiger partial charge in [0.2, 0.25) is 0 Å². The molecule has 0 heterocycles. The molecule has 0 atom stereocenters. The molecule has 0 aromatic heterocycles. The van der Waals surface area contributed by atoms with E-state index < -0.39 is 5.60 Å². The van der Waals surface area contributed by atoms with Gasteiger partial charge in [-0.25, -0.2) is 0 Å². The van der Waals surface area contributed by atoms with Crippen molar-refractivity contribution in [2.75, 3.05) is 6.61 Å². The Morgan fingerprint density at radius 1 is 1.50 bits per heavy atom. The number of aliphatic hydroxyl groups is 2. The molecular formula is C8H16O2. The minimum atomic E-state index is -0.727. The molecule has 0 bridgehead atoms. The second kappa shape index (κ2) is 2.51. The molecular weight excluding hydrogens is 128 g/mol. The van der Waals surface area contributed by atoms with Crippen LogP contribution in [0.15, 0.2) is 0 Å². The molecule has 60 valence electrons. The minimum Gasteiger partial charge on any atom is -0.393 e. The number of rotatable bonds is 2. The predicted octanol–water partition coefficient (Wildman–Crippen LogP) is 0.776. The summed E-state index contributed by atoms with van der Waals surface area (Å²) >= 11 is 0. The highest BCUT2D eigenvalue weighted by Crippen LogP contribution is 2.41. The Morgan fingerprint density at radius 2 is 2.00 bits per heavy atom. The maximum atomic E-state index is 9.39. The third-order valence-corrected chi connectivity index (χ3v) is 2.52. The van der Waals surface area contributed by atoms with E-state index in [1.54, 1.807) is 0 Å². The van der Waals surface area contributed by atoms with Crippen molar-refractivity contribution in [3.05, 3.63) is 0 Å². The Bertz CT molecular complexity index is 114. The van der Waals surface area contributed by atoms with Crippen LogP contribution in [-0.2, 0) is 0 Å². The fourth-order valence-electron chi connectivity index (χ4n) is 1.52. The first-order chi connectivity index (χ1) is 4.57. The Balaban J connectivity index is 2.29. The summed E-state index contributed by atoms with van der Waals surface area (Å²) in [7, 11) is 0. The van der Waals surface area contributed by atoms with Crippen LogP contribution in [0.25, 0.3) is 0 Å². The highest BCUT2D eigenvalue weighted by molar-refractivity contribution is 4.94. The topological polar surface area (TPSA) is 40.5 Å². The van der Waals surface area contributed by atoms with E-state index >= 15 is 0 Å². The first kappa shape index (κ1) is 8.02. The van der Waals surface area contributed by atoms with Gasteiger partial charge in [-0.1, -0.05) is 13.8 Å². The standard InChI is InChI=1S/C8H16O2/c1-6(2)7-3-8(10,4-7)5-9/h6-7,9-10H,3-5H2,1-2H3. The van der Waals surface area contributed by atoms with Crippen LogP contribution in [-0.4, -0.2) is 22.4 Å². The summed E-state index contributed by atoms with van der Waals surface area (Å²) in [6.07, 6.45) is 1.56. The number of hydrogen-bond donors (Lipinski definition) is 2. The lowest BCUT2D eigenvalue weighted by Gasteiger charge is -2.44. The van der Waals surface area contributed by atoms with Crippen molar-refractivity contribution in [2.45, 2.75) is 32.3 Å². The largest absolute Gasteiger partial charge is 0.393 e. The average Bonchev–Trinajstić information content (AvgIpc) is 1.80. The van der Waals surface area contributed by atoms with Crippen molar-refractivity contribution in [3.8, 4) is 0 Å². The van der Waals surface area contributed by atoms with Crippen molar-refractivity contribution < 1.29 is 10.2 Å². The summed E-state index contributed by atoms with van der Waals surface area (Å²) in [5, 5.41) is 18.1. The molecule has 1 aliphatic carbocycles. The SMILES string of the molecule is CC(C)C1CC(O)(CO)C1. The van der Waals surface area contributed by atoms with Crippen molar-refractivity contribution in [1.82, 2.24) is 0 Å². The average molecular weight is 144 g/mol. The molecule has 0 radical (unpaired) electrons. The van der Waals surface area contributed by atoms with Crippen LogP contribution < -0.4 is 0 Å². The molecule has 0 aliphatic heterocycles. The summed E-state index contributed by atoms with van der Waals surface area (Å²) in [4.78, 5) is 0. The second-order valence-electron chi connectivity index (χ2n) is 3.79. The lowest BCUT2D eigenvalue weighted by Crippen LogP contribution is -2.48. The molecule has 10 heavy (non-hydrogen) atoms. The molecule has 0 aromatic carbocycles. The fourth-order valence-corrected chi connectivity index (χ4v) is 1.52. The van der Waals surface area contributed by atoms with Crippen LogP contribution in [0.1, 0.15) is 26.7 Å². The van der Waals surface area contributed by atoms with Crippen molar-refractivity contribution in [3.63, 3.8) is 0 Å². The summed E-state index contributed by atoms with van der Waals surface area (Å²) in [5.41, 5.74) is -0.727. The van der Waals surface area contributed by atoms with E-state index in [2.05, 4.69) is 13.8 Å². The van der Waals surface area contributed by atoms with E-state index in [0.29, 0.717) is 11.8 Å². The van der Waals surface area contributed by atoms with Crippen molar-refractivity contribution in [2.24, 2.45) is 11.8 Å². The molecule has 2 nitrogen and oxygen atoms in total. The smallest absolute Gasteiger partial charge is 0.0882 e. The number of aliphatic hydroxyl groups excluding tert-OH is 1. The molecule has 1 rings (SSSR count). The molecule has 2 heteroatoms. The van der Waals surface area contributed by atoms with Gasteiger partial charge in [0.05, 0.1) is 12.2 Å². The minimum absolute atomic E-state index is 0.0732. The zero-order valence-corrected chi connectivity index (χ0v) is 6.67. The predicted molar refractivity (Wildman–Crippen MR) is 39.6 cm³/mol. The fraction of sp³-hybridized carbons (Fsp3) is 1.00. The van der Waals surface area contributed by atoms with Gasteiger partial charge in [0.15, 0.2) is 0 Å². The highest BCUT2D eigenvalue weighted by Gasteiger charge is 2.42. The van der Waals surface area contributed by atoms with Gasteiger partial charge in [0.25, 0.3) is 0 Å². The van der Waals surface area contributed by atoms with Gasteiger partial charge in [0, 0.05) is 0 Å². The zero-order chi connectivity index (χ0) is 7.78. The Morgan fingerprint density at radius 3 is 2.30 bits per heavy atom. The Kier molecular flexibility index (Phi) is 2.02. The quantitative estimate of drug-likeness (QED) is 0.601. The van der Waals surface area contributed by atoms with Crippen molar-refractivity contribution in [1.29, 1.82) is 0 Å². The highest BCUT2D eigenvalue weighted by atomic mass is 16.3. The van der Waals surface area contributed by atoms with Gasteiger partial charge in [0.1, 0.15) is 0 Å². The Labute approximate surface area is 61.9 Å². The summed E-state index contributed by atoms with van der Waals surface area (Å²) < 4.78 is 0. The maximum Gasteiger partial charge on any atom is 0.0882 e. The molecule has 1 saturated carbocycles. The first-order valence-corrected chi connectivity index (χ1v) is 3.91. The normalized spacial score (nSPS) is 39.9. The van der Waals surface area contributed by atoms with Crippen LogP contribution in [0.3, 0.4) is 0 Å². The first-order valence-electron chi connectivity index (χ1n) is 3.91. The molecule has 0 aromatic rings. The van der Waals surface area contributed by atoms with E-state index in [0.717, 1.165) is 12.8 Å². The number of hydrogen-bond acceptors (Lipinski definition) is 2. The maximum absolute atomic E-state index is 9.39. The van der Waals surface area contributed by atoms with E-state index in [9.17, 15) is 5.11 Å².